The molecule has 2 aromatic heterocycles. The van der Waals surface area contributed by atoms with Gasteiger partial charge in [0.1, 0.15) is 16.8 Å². The van der Waals surface area contributed by atoms with Crippen molar-refractivity contribution >= 4 is 44.7 Å². The molecule has 2 aromatic rings. The summed E-state index contributed by atoms with van der Waals surface area (Å²) in [5.41, 5.74) is 0.906. The van der Waals surface area contributed by atoms with Gasteiger partial charge in [-0.1, -0.05) is 25.4 Å². The zero-order valence-electron chi connectivity index (χ0n) is 11.7. The van der Waals surface area contributed by atoms with Crippen molar-refractivity contribution in [3.8, 4) is 0 Å². The fourth-order valence-corrected chi connectivity index (χ4v) is 3.38. The second kappa shape index (κ2) is 6.87. The fraction of sp³-hybridized carbons (Fsp3) is 0.429. The first-order chi connectivity index (χ1) is 9.47. The van der Waals surface area contributed by atoms with E-state index in [0.717, 1.165) is 34.0 Å². The number of nitrogens with zero attached hydrogens (tertiary/aromatic N) is 2. The summed E-state index contributed by atoms with van der Waals surface area (Å²) in [5, 5.41) is 3.90. The van der Waals surface area contributed by atoms with E-state index in [4.69, 9.17) is 11.6 Å². The van der Waals surface area contributed by atoms with Crippen molar-refractivity contribution in [2.45, 2.75) is 33.1 Å². The number of halogens is 2. The number of anilines is 1. The SMILES string of the molecule is Cc1c(Cl)nc(C(C)C)nc1NCCc1ccc(Br)s1. The summed E-state index contributed by atoms with van der Waals surface area (Å²) < 4.78 is 1.16. The Bertz CT molecular complexity index is 598. The van der Waals surface area contributed by atoms with E-state index in [9.17, 15) is 0 Å². The molecular formula is C14H17BrClN3S. The van der Waals surface area contributed by atoms with Gasteiger partial charge in [-0.3, -0.25) is 0 Å². The van der Waals surface area contributed by atoms with Crippen LogP contribution in [0.2, 0.25) is 5.15 Å². The molecular weight excluding hydrogens is 358 g/mol. The van der Waals surface area contributed by atoms with Crippen LogP contribution in [0.25, 0.3) is 0 Å². The van der Waals surface area contributed by atoms with E-state index >= 15 is 0 Å². The monoisotopic (exact) mass is 373 g/mol. The zero-order valence-corrected chi connectivity index (χ0v) is 14.9. The van der Waals surface area contributed by atoms with E-state index in [1.165, 1.54) is 4.88 Å². The van der Waals surface area contributed by atoms with E-state index in [0.29, 0.717) is 5.15 Å². The predicted molar refractivity (Wildman–Crippen MR) is 90.1 cm³/mol. The molecule has 0 aromatic carbocycles. The van der Waals surface area contributed by atoms with E-state index in [1.54, 1.807) is 11.3 Å². The van der Waals surface area contributed by atoms with Gasteiger partial charge in [0.2, 0.25) is 0 Å². The van der Waals surface area contributed by atoms with Crippen molar-refractivity contribution in [1.29, 1.82) is 0 Å². The first-order valence-corrected chi connectivity index (χ1v) is 8.48. The molecule has 0 atom stereocenters. The van der Waals surface area contributed by atoms with Gasteiger partial charge in [-0.05, 0) is 41.4 Å². The molecule has 0 amide bonds. The van der Waals surface area contributed by atoms with Gasteiger partial charge in [-0.15, -0.1) is 11.3 Å². The van der Waals surface area contributed by atoms with Gasteiger partial charge in [0.05, 0.1) is 3.79 Å². The number of hydrogen-bond donors (Lipinski definition) is 1. The Hall–Kier alpha value is -0.650. The normalized spacial score (nSPS) is 11.1. The summed E-state index contributed by atoms with van der Waals surface area (Å²) in [5.74, 6) is 1.88. The number of thiophene rings is 1. The molecule has 0 bridgehead atoms. The Morgan fingerprint density at radius 1 is 1.35 bits per heavy atom. The van der Waals surface area contributed by atoms with E-state index < -0.39 is 0 Å². The third-order valence-corrected chi connectivity index (χ3v) is 4.96. The lowest BCUT2D eigenvalue weighted by Gasteiger charge is -2.12. The summed E-state index contributed by atoms with van der Waals surface area (Å²) in [6, 6.07) is 4.21. The quantitative estimate of drug-likeness (QED) is 0.745. The third-order valence-electron chi connectivity index (χ3n) is 2.91. The molecule has 0 aliphatic carbocycles. The summed E-state index contributed by atoms with van der Waals surface area (Å²) in [7, 11) is 0. The molecule has 6 heteroatoms. The number of nitrogens with one attached hydrogen (secondary N) is 1. The maximum Gasteiger partial charge on any atom is 0.137 e. The molecule has 0 radical (unpaired) electrons. The van der Waals surface area contributed by atoms with Crippen molar-refractivity contribution in [1.82, 2.24) is 9.97 Å². The van der Waals surface area contributed by atoms with Gasteiger partial charge in [0, 0.05) is 22.9 Å². The van der Waals surface area contributed by atoms with Gasteiger partial charge < -0.3 is 5.32 Å². The van der Waals surface area contributed by atoms with Crippen LogP contribution in [-0.2, 0) is 6.42 Å². The van der Waals surface area contributed by atoms with Crippen molar-refractivity contribution in [2.24, 2.45) is 0 Å². The summed E-state index contributed by atoms with van der Waals surface area (Å²) >= 11 is 11.4. The molecule has 0 aliphatic rings. The lowest BCUT2D eigenvalue weighted by Crippen LogP contribution is -2.10. The van der Waals surface area contributed by atoms with Crippen LogP contribution < -0.4 is 5.32 Å². The minimum Gasteiger partial charge on any atom is -0.369 e. The zero-order chi connectivity index (χ0) is 14.7. The molecule has 20 heavy (non-hydrogen) atoms. The van der Waals surface area contributed by atoms with Crippen LogP contribution in [0.15, 0.2) is 15.9 Å². The van der Waals surface area contributed by atoms with Gasteiger partial charge in [-0.25, -0.2) is 9.97 Å². The predicted octanol–water partition coefficient (Wildman–Crippen LogP) is 5.04. The maximum absolute atomic E-state index is 6.17. The second-order valence-electron chi connectivity index (χ2n) is 4.88. The van der Waals surface area contributed by atoms with Crippen LogP contribution in [0.5, 0.6) is 0 Å². The standard InChI is InChI=1S/C14H17BrClN3S/c1-8(2)13-18-12(16)9(3)14(19-13)17-7-6-10-4-5-11(15)20-10/h4-5,8H,6-7H2,1-3H3,(H,17,18,19). The Kier molecular flexibility index (Phi) is 5.41. The topological polar surface area (TPSA) is 37.8 Å². The highest BCUT2D eigenvalue weighted by Crippen LogP contribution is 2.24. The Labute approximate surface area is 136 Å². The van der Waals surface area contributed by atoms with Crippen LogP contribution in [0.4, 0.5) is 5.82 Å². The van der Waals surface area contributed by atoms with Gasteiger partial charge >= 0.3 is 0 Å². The van der Waals surface area contributed by atoms with Crippen molar-refractivity contribution in [3.05, 3.63) is 37.3 Å². The van der Waals surface area contributed by atoms with Crippen LogP contribution in [-0.4, -0.2) is 16.5 Å². The van der Waals surface area contributed by atoms with Gasteiger partial charge in [0.15, 0.2) is 0 Å². The highest BCUT2D eigenvalue weighted by Gasteiger charge is 2.11. The number of rotatable bonds is 5. The molecule has 2 heterocycles. The molecule has 0 fully saturated rings. The summed E-state index contributed by atoms with van der Waals surface area (Å²) in [4.78, 5) is 10.2. The van der Waals surface area contributed by atoms with Crippen molar-refractivity contribution in [3.63, 3.8) is 0 Å². The smallest absolute Gasteiger partial charge is 0.137 e. The van der Waals surface area contributed by atoms with Crippen LogP contribution in [0.1, 0.15) is 36.0 Å². The van der Waals surface area contributed by atoms with E-state index in [1.807, 2.05) is 6.92 Å². The molecule has 108 valence electrons. The van der Waals surface area contributed by atoms with Crippen molar-refractivity contribution in [2.75, 3.05) is 11.9 Å². The van der Waals surface area contributed by atoms with Gasteiger partial charge in [0.25, 0.3) is 0 Å². The summed E-state index contributed by atoms with van der Waals surface area (Å²) in [6.07, 6.45) is 0.967. The lowest BCUT2D eigenvalue weighted by atomic mass is 10.2. The maximum atomic E-state index is 6.17. The van der Waals surface area contributed by atoms with Crippen molar-refractivity contribution < 1.29 is 0 Å². The van der Waals surface area contributed by atoms with E-state index in [2.05, 4.69) is 57.2 Å². The lowest BCUT2D eigenvalue weighted by molar-refractivity contribution is 0.771. The Morgan fingerprint density at radius 2 is 2.10 bits per heavy atom. The molecule has 3 nitrogen and oxygen atoms in total. The van der Waals surface area contributed by atoms with Crippen LogP contribution in [0.3, 0.4) is 0 Å². The first-order valence-electron chi connectivity index (χ1n) is 6.49. The molecule has 0 unspecified atom stereocenters. The molecule has 0 saturated carbocycles. The number of aromatic nitrogens is 2. The fourth-order valence-electron chi connectivity index (χ4n) is 1.73. The molecule has 1 N–H and O–H groups in total. The minimum absolute atomic E-state index is 0.266. The molecule has 0 aliphatic heterocycles. The average molecular weight is 375 g/mol. The molecule has 0 saturated heterocycles. The van der Waals surface area contributed by atoms with Gasteiger partial charge in [-0.2, -0.15) is 0 Å². The second-order valence-corrected chi connectivity index (χ2v) is 7.79. The number of hydrogen-bond acceptors (Lipinski definition) is 4. The van der Waals surface area contributed by atoms with E-state index in [-0.39, 0.29) is 5.92 Å². The average Bonchev–Trinajstić information content (AvgIpc) is 2.80. The third kappa shape index (κ3) is 3.93. The highest BCUT2D eigenvalue weighted by atomic mass is 79.9. The summed E-state index contributed by atoms with van der Waals surface area (Å²) in [6.45, 7) is 6.90. The molecule has 2 rings (SSSR count). The Balaban J connectivity index is 2.05. The first kappa shape index (κ1) is 15.7. The minimum atomic E-state index is 0.266. The van der Waals surface area contributed by atoms with Crippen LogP contribution in [0, 0.1) is 6.92 Å². The van der Waals surface area contributed by atoms with Crippen LogP contribution >= 0.6 is 38.9 Å². The Morgan fingerprint density at radius 3 is 2.70 bits per heavy atom. The highest BCUT2D eigenvalue weighted by molar-refractivity contribution is 9.11. The molecule has 0 spiro atoms. The largest absolute Gasteiger partial charge is 0.369 e.